The lowest BCUT2D eigenvalue weighted by molar-refractivity contribution is 0.169. The maximum Gasteiger partial charge on any atom is 0.222 e. The molecule has 0 radical (unpaired) electrons. The van der Waals surface area contributed by atoms with Crippen molar-refractivity contribution in [3.8, 4) is 22.8 Å². The van der Waals surface area contributed by atoms with E-state index in [0.717, 1.165) is 27.1 Å². The number of fused-ring (bicyclic) bond motifs is 1. The number of nitrogens with two attached hydrogens (primary N) is 1. The molecule has 5 nitrogen and oxygen atoms in total. The van der Waals surface area contributed by atoms with E-state index in [-0.39, 0.29) is 5.88 Å². The van der Waals surface area contributed by atoms with Crippen LogP contribution in [0.25, 0.3) is 11.3 Å². The number of benzene rings is 1. The van der Waals surface area contributed by atoms with Crippen molar-refractivity contribution >= 4 is 21.8 Å². The van der Waals surface area contributed by atoms with Crippen LogP contribution in [0, 0.1) is 6.92 Å². The number of nitrogens with zero attached hydrogens (tertiary/aromatic N) is 1. The van der Waals surface area contributed by atoms with Crippen LogP contribution in [0.4, 0.5) is 5.88 Å². The monoisotopic (exact) mass is 310 g/mol. The van der Waals surface area contributed by atoms with E-state index < -0.39 is 0 Å². The molecule has 3 rings (SSSR count). The van der Waals surface area contributed by atoms with Crippen LogP contribution in [-0.4, -0.2) is 18.4 Å². The maximum atomic E-state index is 5.66. The highest BCUT2D eigenvalue weighted by Crippen LogP contribution is 2.44. The molecule has 2 aromatic rings. The van der Waals surface area contributed by atoms with Gasteiger partial charge in [-0.25, -0.2) is 0 Å². The van der Waals surface area contributed by atoms with Crippen LogP contribution in [-0.2, 0) is 0 Å². The first-order valence-corrected chi connectivity index (χ1v) is 6.27. The van der Waals surface area contributed by atoms with Crippen molar-refractivity contribution in [1.82, 2.24) is 5.16 Å². The summed E-state index contributed by atoms with van der Waals surface area (Å²) in [4.78, 5) is 0. The van der Waals surface area contributed by atoms with Gasteiger partial charge in [0.05, 0.1) is 4.47 Å². The molecular weight excluding hydrogens is 300 g/mol. The lowest BCUT2D eigenvalue weighted by Gasteiger charge is -2.22. The summed E-state index contributed by atoms with van der Waals surface area (Å²) in [6.07, 6.45) is 0. The number of rotatable bonds is 1. The molecule has 2 heterocycles. The van der Waals surface area contributed by atoms with E-state index in [2.05, 4.69) is 21.1 Å². The van der Waals surface area contributed by atoms with Crippen molar-refractivity contribution in [1.29, 1.82) is 0 Å². The van der Waals surface area contributed by atoms with E-state index in [1.807, 2.05) is 13.0 Å². The Balaban J connectivity index is 2.19. The van der Waals surface area contributed by atoms with Crippen LogP contribution in [0.15, 0.2) is 21.1 Å². The molecule has 0 atom stereocenters. The Morgan fingerprint density at radius 2 is 1.94 bits per heavy atom. The van der Waals surface area contributed by atoms with Crippen molar-refractivity contribution in [2.24, 2.45) is 0 Å². The Morgan fingerprint density at radius 3 is 2.61 bits per heavy atom. The predicted octanol–water partition coefficient (Wildman–Crippen LogP) is 2.77. The van der Waals surface area contributed by atoms with Crippen LogP contribution in [0.5, 0.6) is 11.5 Å². The number of aromatic nitrogens is 1. The highest BCUT2D eigenvalue weighted by atomic mass is 79.9. The first kappa shape index (κ1) is 11.4. The van der Waals surface area contributed by atoms with Gasteiger partial charge in [0.2, 0.25) is 5.88 Å². The van der Waals surface area contributed by atoms with Crippen molar-refractivity contribution in [2.75, 3.05) is 18.9 Å². The highest BCUT2D eigenvalue weighted by Gasteiger charge is 2.22. The second-order valence-corrected chi connectivity index (χ2v) is 4.85. The zero-order valence-electron chi connectivity index (χ0n) is 9.70. The van der Waals surface area contributed by atoms with Gasteiger partial charge in [-0.3, -0.25) is 0 Å². The van der Waals surface area contributed by atoms with Crippen molar-refractivity contribution in [3.05, 3.63) is 22.2 Å². The van der Waals surface area contributed by atoms with E-state index in [1.165, 1.54) is 0 Å². The lowest BCUT2D eigenvalue weighted by atomic mass is 10.0. The first-order chi connectivity index (χ1) is 8.66. The summed E-state index contributed by atoms with van der Waals surface area (Å²) in [7, 11) is 0. The Kier molecular flexibility index (Phi) is 2.66. The Morgan fingerprint density at radius 1 is 1.22 bits per heavy atom. The molecule has 2 N–H and O–H groups in total. The smallest absolute Gasteiger partial charge is 0.222 e. The van der Waals surface area contributed by atoms with Crippen LogP contribution in [0.2, 0.25) is 0 Å². The minimum Gasteiger partial charge on any atom is -0.486 e. The molecule has 94 valence electrons. The molecule has 0 spiro atoms. The summed E-state index contributed by atoms with van der Waals surface area (Å²) >= 11 is 3.48. The van der Waals surface area contributed by atoms with Crippen molar-refractivity contribution in [2.45, 2.75) is 6.92 Å². The number of hydrogen-bond acceptors (Lipinski definition) is 5. The number of nitrogen functional groups attached to an aromatic ring is 1. The summed E-state index contributed by atoms with van der Waals surface area (Å²) in [5, 5.41) is 3.92. The molecular formula is C12H11BrN2O3. The molecule has 0 saturated carbocycles. The average molecular weight is 311 g/mol. The van der Waals surface area contributed by atoms with Crippen LogP contribution < -0.4 is 15.2 Å². The minimum atomic E-state index is 0.287. The summed E-state index contributed by atoms with van der Waals surface area (Å²) in [6.45, 7) is 3.06. The zero-order valence-corrected chi connectivity index (χ0v) is 11.3. The van der Waals surface area contributed by atoms with Crippen LogP contribution in [0.3, 0.4) is 0 Å². The second-order valence-electron chi connectivity index (χ2n) is 4.00. The summed E-state index contributed by atoms with van der Waals surface area (Å²) in [5.41, 5.74) is 8.10. The lowest BCUT2D eigenvalue weighted by Crippen LogP contribution is -2.16. The number of ether oxygens (including phenoxy) is 2. The average Bonchev–Trinajstić information content (AvgIpc) is 2.80. The largest absolute Gasteiger partial charge is 0.486 e. The quantitative estimate of drug-likeness (QED) is 0.877. The normalized spacial score (nSPS) is 13.7. The molecule has 0 saturated heterocycles. The molecule has 1 aliphatic heterocycles. The third-order valence-electron chi connectivity index (χ3n) is 2.82. The standard InChI is InChI=1S/C12H11BrN2O3/c1-6-7(9-5-10(14)18-15-9)4-8(13)12-11(6)16-2-3-17-12/h4-5H,2-3,14H2,1H3. The molecule has 6 heteroatoms. The SMILES string of the molecule is Cc1c(-c2cc(N)on2)cc(Br)c2c1OCCO2. The molecule has 0 unspecified atom stereocenters. The van der Waals surface area contributed by atoms with E-state index in [1.54, 1.807) is 6.07 Å². The molecule has 1 aromatic heterocycles. The summed E-state index contributed by atoms with van der Waals surface area (Å²) in [5.74, 6) is 1.77. The van der Waals surface area contributed by atoms with E-state index >= 15 is 0 Å². The molecule has 1 aliphatic rings. The van der Waals surface area contributed by atoms with Crippen LogP contribution in [0.1, 0.15) is 5.56 Å². The molecule has 18 heavy (non-hydrogen) atoms. The van der Waals surface area contributed by atoms with Gasteiger partial charge in [0.15, 0.2) is 11.5 Å². The van der Waals surface area contributed by atoms with E-state index in [9.17, 15) is 0 Å². The second kappa shape index (κ2) is 4.20. The summed E-state index contributed by atoms with van der Waals surface area (Å²) in [6, 6.07) is 3.62. The Labute approximate surface area is 112 Å². The van der Waals surface area contributed by atoms with Crippen molar-refractivity contribution in [3.63, 3.8) is 0 Å². The van der Waals surface area contributed by atoms with Gasteiger partial charge in [-0.15, -0.1) is 0 Å². The zero-order chi connectivity index (χ0) is 12.7. The molecule has 0 fully saturated rings. The minimum absolute atomic E-state index is 0.287. The third kappa shape index (κ3) is 1.73. The van der Waals surface area contributed by atoms with Gasteiger partial charge in [0.25, 0.3) is 0 Å². The number of halogens is 1. The van der Waals surface area contributed by atoms with Gasteiger partial charge in [-0.1, -0.05) is 5.16 Å². The molecule has 1 aromatic carbocycles. The fourth-order valence-corrected chi connectivity index (χ4v) is 2.50. The van der Waals surface area contributed by atoms with E-state index in [0.29, 0.717) is 18.9 Å². The van der Waals surface area contributed by atoms with Gasteiger partial charge in [0, 0.05) is 17.2 Å². The topological polar surface area (TPSA) is 70.5 Å². The van der Waals surface area contributed by atoms with Gasteiger partial charge in [-0.05, 0) is 28.9 Å². The first-order valence-electron chi connectivity index (χ1n) is 5.48. The highest BCUT2D eigenvalue weighted by molar-refractivity contribution is 9.10. The van der Waals surface area contributed by atoms with Crippen molar-refractivity contribution < 1.29 is 14.0 Å². The number of anilines is 1. The predicted molar refractivity (Wildman–Crippen MR) is 69.8 cm³/mol. The molecule has 0 bridgehead atoms. The maximum absolute atomic E-state index is 5.66. The van der Waals surface area contributed by atoms with E-state index in [4.69, 9.17) is 19.7 Å². The Bertz CT molecular complexity index is 610. The van der Waals surface area contributed by atoms with Crippen LogP contribution >= 0.6 is 15.9 Å². The number of hydrogen-bond donors (Lipinski definition) is 1. The fraction of sp³-hybridized carbons (Fsp3) is 0.250. The molecule has 0 amide bonds. The summed E-state index contributed by atoms with van der Waals surface area (Å²) < 4.78 is 17.0. The third-order valence-corrected chi connectivity index (χ3v) is 3.41. The van der Waals surface area contributed by atoms with Gasteiger partial charge in [0.1, 0.15) is 18.9 Å². The van der Waals surface area contributed by atoms with Gasteiger partial charge >= 0.3 is 0 Å². The molecule has 0 aliphatic carbocycles. The van der Waals surface area contributed by atoms with Gasteiger partial charge in [-0.2, -0.15) is 0 Å². The fourth-order valence-electron chi connectivity index (χ4n) is 1.98. The van der Waals surface area contributed by atoms with Gasteiger partial charge < -0.3 is 19.7 Å². The Hall–Kier alpha value is -1.69.